The van der Waals surface area contributed by atoms with Crippen LogP contribution in [-0.4, -0.2) is 223 Å². The van der Waals surface area contributed by atoms with Crippen LogP contribution in [-0.2, 0) is 66.4 Å². The van der Waals surface area contributed by atoms with Crippen molar-refractivity contribution in [2.75, 3.05) is 42.2 Å². The van der Waals surface area contributed by atoms with Gasteiger partial charge in [0, 0.05) is 65.8 Å². The number of carbonyl (C=O) groups excluding carboxylic acids is 1. The van der Waals surface area contributed by atoms with Gasteiger partial charge in [-0.1, -0.05) is 54.9 Å². The molecule has 5 aliphatic heterocycles. The van der Waals surface area contributed by atoms with Gasteiger partial charge in [0.25, 0.3) is 0 Å². The standard InChI is InChI=1S/C60H98O22/c1-30-21-31(2)25-41(61)44(72-15)28-43(78-56(67)35(6)26-40(71-14)24-32(3)23-34(5)50(33(4)22-30)80-57-49(64)48(63)52(73-16)38(9)77-57)36(7)60(69)55(74-17)54(66)59(12,45(81-60)19-18-20-70-13)82-46-27-42(62)51(37(8)75-46)79-47-29-58(11,68)53(65)39(10)76-47/h21-26,34,36-39,41-55,57,61-66,68-69H,18-20,27-29H2,1-17H3/b30-21+,31-25?,32-23+,33-22+,35-26+,40-24-/t34?,36-,37-,38-,39-,41?,42+,43?,44?,45-,46+,47+,48-,49-,50?,51-,52-,53-,54-,55-,57-,58-,59-,60+/m1/s1. The molecule has 0 aromatic carbocycles. The molecule has 0 aromatic rings. The number of cyclic esters (lactones) is 1. The predicted octanol–water partition coefficient (Wildman–Crippen LogP) is 3.87. The van der Waals surface area contributed by atoms with Gasteiger partial charge in [-0.15, -0.1) is 0 Å². The number of aliphatic hydroxyl groups excluding tert-OH is 6. The Labute approximate surface area is 484 Å². The van der Waals surface area contributed by atoms with Crippen molar-refractivity contribution in [1.82, 2.24) is 0 Å². The minimum absolute atomic E-state index is 0.0638. The minimum atomic E-state index is -2.43. The summed E-state index contributed by atoms with van der Waals surface area (Å²) in [4.78, 5) is 14.5. The number of aliphatic hydroxyl groups is 8. The third kappa shape index (κ3) is 16.7. The van der Waals surface area contributed by atoms with E-state index >= 15 is 0 Å². The van der Waals surface area contributed by atoms with E-state index in [1.54, 1.807) is 53.7 Å². The van der Waals surface area contributed by atoms with Crippen molar-refractivity contribution >= 4 is 5.97 Å². The highest BCUT2D eigenvalue weighted by atomic mass is 16.7. The molecule has 22 nitrogen and oxygen atoms in total. The lowest BCUT2D eigenvalue weighted by molar-refractivity contribution is -0.416. The van der Waals surface area contributed by atoms with E-state index in [1.807, 2.05) is 45.9 Å². The molecule has 0 spiro atoms. The number of rotatable bonds is 16. The number of hydrogen-bond acceptors (Lipinski definition) is 22. The molecule has 5 rings (SSSR count). The highest BCUT2D eigenvalue weighted by Gasteiger charge is 2.64. The van der Waals surface area contributed by atoms with Crippen LogP contribution in [0.5, 0.6) is 0 Å². The Morgan fingerprint density at radius 1 is 0.707 bits per heavy atom. The van der Waals surface area contributed by atoms with E-state index in [0.717, 1.165) is 16.7 Å². The first-order valence-electron chi connectivity index (χ1n) is 28.5. The molecule has 4 saturated heterocycles. The summed E-state index contributed by atoms with van der Waals surface area (Å²) in [5, 5.41) is 92.6. The second-order valence-electron chi connectivity index (χ2n) is 23.6. The Morgan fingerprint density at radius 3 is 1.95 bits per heavy atom. The number of esters is 1. The normalized spacial score (nSPS) is 46.2. The van der Waals surface area contributed by atoms with Crippen molar-refractivity contribution in [2.45, 2.75) is 249 Å². The van der Waals surface area contributed by atoms with Gasteiger partial charge in [-0.05, 0) is 99.8 Å². The number of methoxy groups -OCH3 is 5. The first-order chi connectivity index (χ1) is 38.4. The van der Waals surface area contributed by atoms with Crippen LogP contribution in [0.15, 0.2) is 70.1 Å². The summed E-state index contributed by atoms with van der Waals surface area (Å²) in [6, 6.07) is 0. The van der Waals surface area contributed by atoms with Gasteiger partial charge in [-0.2, -0.15) is 0 Å². The number of hydrogen-bond donors (Lipinski definition) is 8. The summed E-state index contributed by atoms with van der Waals surface area (Å²) in [5.74, 6) is -4.57. The molecule has 5 aliphatic rings. The highest BCUT2D eigenvalue weighted by Crippen LogP contribution is 2.47. The molecule has 22 heteroatoms. The van der Waals surface area contributed by atoms with Crippen molar-refractivity contribution in [3.63, 3.8) is 0 Å². The topological polar surface area (TPSA) is 299 Å². The van der Waals surface area contributed by atoms with E-state index in [2.05, 4.69) is 0 Å². The second-order valence-corrected chi connectivity index (χ2v) is 23.6. The van der Waals surface area contributed by atoms with Gasteiger partial charge >= 0.3 is 5.97 Å². The van der Waals surface area contributed by atoms with Crippen LogP contribution in [0, 0.1) is 11.8 Å². The average Bonchev–Trinajstić information content (AvgIpc) is 3.40. The van der Waals surface area contributed by atoms with Gasteiger partial charge in [0.15, 0.2) is 18.9 Å². The Hall–Kier alpha value is -3.05. The lowest BCUT2D eigenvalue weighted by Crippen LogP contribution is -2.74. The van der Waals surface area contributed by atoms with Crippen molar-refractivity contribution in [2.24, 2.45) is 11.8 Å². The zero-order valence-electron chi connectivity index (χ0n) is 51.1. The van der Waals surface area contributed by atoms with Crippen LogP contribution < -0.4 is 0 Å². The Bertz CT molecular complexity index is 2250. The van der Waals surface area contributed by atoms with Crippen molar-refractivity contribution in [3.8, 4) is 0 Å². The smallest absolute Gasteiger partial charge is 0.334 e. The van der Waals surface area contributed by atoms with Crippen LogP contribution >= 0.6 is 0 Å². The monoisotopic (exact) mass is 1170 g/mol. The molecule has 4 fully saturated rings. The zero-order chi connectivity index (χ0) is 61.3. The van der Waals surface area contributed by atoms with E-state index in [4.69, 9.17) is 61.6 Å². The molecule has 5 unspecified atom stereocenters. The minimum Gasteiger partial charge on any atom is -0.497 e. The molecule has 0 amide bonds. The third-order valence-corrected chi connectivity index (χ3v) is 16.7. The maximum atomic E-state index is 14.5. The molecule has 5 heterocycles. The molecule has 0 aromatic heterocycles. The quantitative estimate of drug-likeness (QED) is 0.0804. The molecule has 24 atom stereocenters. The molecule has 470 valence electrons. The zero-order valence-corrected chi connectivity index (χ0v) is 51.1. The molecule has 0 bridgehead atoms. The fourth-order valence-corrected chi connectivity index (χ4v) is 12.0. The van der Waals surface area contributed by atoms with Gasteiger partial charge in [0.2, 0.25) is 5.79 Å². The Morgan fingerprint density at radius 2 is 1.35 bits per heavy atom. The Kier molecular flexibility index (Phi) is 25.5. The predicted molar refractivity (Wildman–Crippen MR) is 298 cm³/mol. The van der Waals surface area contributed by atoms with Crippen LogP contribution in [0.3, 0.4) is 0 Å². The third-order valence-electron chi connectivity index (χ3n) is 16.7. The lowest BCUT2D eigenvalue weighted by atomic mass is 9.75. The van der Waals surface area contributed by atoms with Crippen molar-refractivity contribution in [1.29, 1.82) is 0 Å². The van der Waals surface area contributed by atoms with Crippen molar-refractivity contribution in [3.05, 3.63) is 70.1 Å². The summed E-state index contributed by atoms with van der Waals surface area (Å²) >= 11 is 0. The van der Waals surface area contributed by atoms with Crippen LogP contribution in [0.4, 0.5) is 0 Å². The fraction of sp³-hybridized carbons (Fsp3) is 0.783. The first kappa shape index (κ1) is 69.7. The molecule has 0 radical (unpaired) electrons. The van der Waals surface area contributed by atoms with E-state index in [1.165, 1.54) is 55.5 Å². The van der Waals surface area contributed by atoms with Gasteiger partial charge in [0.05, 0.1) is 67.5 Å². The maximum absolute atomic E-state index is 14.5. The summed E-state index contributed by atoms with van der Waals surface area (Å²) in [7, 11) is 7.10. The van der Waals surface area contributed by atoms with E-state index in [0.29, 0.717) is 12.0 Å². The van der Waals surface area contributed by atoms with Crippen molar-refractivity contribution < 1.29 is 107 Å². The van der Waals surface area contributed by atoms with E-state index in [-0.39, 0.29) is 49.5 Å². The summed E-state index contributed by atoms with van der Waals surface area (Å²) in [6.45, 7) is 20.8. The Balaban J connectivity index is 1.49. The summed E-state index contributed by atoms with van der Waals surface area (Å²) < 4.78 is 79.0. The van der Waals surface area contributed by atoms with Crippen LogP contribution in [0.1, 0.15) is 115 Å². The summed E-state index contributed by atoms with van der Waals surface area (Å²) in [5.41, 5.74) is -0.215. The molecule has 82 heavy (non-hydrogen) atoms. The lowest BCUT2D eigenvalue weighted by Gasteiger charge is -2.57. The number of allylic oxidation sites excluding steroid dienone is 7. The van der Waals surface area contributed by atoms with Gasteiger partial charge in [-0.25, -0.2) is 4.79 Å². The first-order valence-corrected chi connectivity index (χ1v) is 28.5. The highest BCUT2D eigenvalue weighted by molar-refractivity contribution is 5.88. The summed E-state index contributed by atoms with van der Waals surface area (Å²) in [6.07, 6.45) is -10.3. The molecule has 0 saturated carbocycles. The molecular weight excluding hydrogens is 1070 g/mol. The molecule has 8 N–H and O–H groups in total. The molecule has 0 aliphatic carbocycles. The van der Waals surface area contributed by atoms with Crippen LogP contribution in [0.25, 0.3) is 0 Å². The van der Waals surface area contributed by atoms with Gasteiger partial charge in [0.1, 0.15) is 60.2 Å². The average molecular weight is 1170 g/mol. The SMILES string of the molecule is COCCC[C@H]1O[C@@](O)([C@H](C)C2CC(OC)C(O)C=C(C)/C=C(C)/C=C(\C)C(O[C@H]3O[C@H](C)[C@@H](OC)[C@H](O)[C@H]3O)C(C)/C=C(C)/C=C(OC)/C=C(\C)C(=O)O2)[C@H](OC)[C@@H](O)[C@]1(C)O[C@H]1C[C@H](O)[C@H](O[C@H]2C[C@@](C)(O)[C@H](O)[C@@H](C)O2)[C@@H](C)O1. The molecular formula is C60H98O22. The van der Waals surface area contributed by atoms with Gasteiger partial charge in [-0.3, -0.25) is 0 Å². The number of carbonyl (C=O) groups is 1. The van der Waals surface area contributed by atoms with Crippen LogP contribution in [0.2, 0.25) is 0 Å². The largest absolute Gasteiger partial charge is 0.497 e. The fourth-order valence-electron chi connectivity index (χ4n) is 12.0. The van der Waals surface area contributed by atoms with E-state index < -0.39 is 145 Å². The maximum Gasteiger partial charge on any atom is 0.334 e. The second kappa shape index (κ2) is 30.0. The number of ether oxygens (including phenoxy) is 13. The van der Waals surface area contributed by atoms with Gasteiger partial charge < -0.3 is 102 Å². The van der Waals surface area contributed by atoms with E-state index in [9.17, 15) is 45.6 Å².